The maximum Gasteiger partial charge on any atom is 0.133 e. The van der Waals surface area contributed by atoms with Gasteiger partial charge in [-0.2, -0.15) is 0 Å². The van der Waals surface area contributed by atoms with Gasteiger partial charge in [-0.05, 0) is 32.6 Å². The van der Waals surface area contributed by atoms with E-state index in [2.05, 4.69) is 25.6 Å². The van der Waals surface area contributed by atoms with Crippen LogP contribution in [0.3, 0.4) is 0 Å². The second kappa shape index (κ2) is 5.02. The van der Waals surface area contributed by atoms with Crippen LogP contribution in [0.4, 0.5) is 5.82 Å². The Balaban J connectivity index is 1.76. The van der Waals surface area contributed by atoms with Gasteiger partial charge in [0.15, 0.2) is 0 Å². The first-order valence-corrected chi connectivity index (χ1v) is 7.18. The Morgan fingerprint density at radius 2 is 2.17 bits per heavy atom. The molecule has 0 aromatic carbocycles. The standard InChI is InChI=1S/C13H16N4S/c1-9-17-10(7-18-9)6-14-13-11-4-2-3-5-12(11)15-8-16-13/h7-8H,2-6H2,1H3,(H,14,15,16). The third-order valence-corrected chi connectivity index (χ3v) is 4.05. The zero-order chi connectivity index (χ0) is 12.4. The molecule has 2 aromatic heterocycles. The lowest BCUT2D eigenvalue weighted by atomic mass is 9.96. The van der Waals surface area contributed by atoms with Crippen molar-refractivity contribution in [3.63, 3.8) is 0 Å². The summed E-state index contributed by atoms with van der Waals surface area (Å²) in [5, 5.41) is 6.60. The predicted molar refractivity (Wildman–Crippen MR) is 72.9 cm³/mol. The fraction of sp³-hybridized carbons (Fsp3) is 0.462. The summed E-state index contributed by atoms with van der Waals surface area (Å²) in [6.07, 6.45) is 6.33. The summed E-state index contributed by atoms with van der Waals surface area (Å²) in [5.41, 5.74) is 3.60. The number of hydrogen-bond donors (Lipinski definition) is 1. The van der Waals surface area contributed by atoms with Crippen molar-refractivity contribution in [3.05, 3.63) is 33.7 Å². The normalized spacial score (nSPS) is 14.3. The Hall–Kier alpha value is -1.49. The molecule has 2 heterocycles. The number of nitrogens with one attached hydrogen (secondary N) is 1. The van der Waals surface area contributed by atoms with Gasteiger partial charge in [-0.1, -0.05) is 0 Å². The SMILES string of the molecule is Cc1nc(CNc2ncnc3c2CCCC3)cs1. The molecule has 0 spiro atoms. The lowest BCUT2D eigenvalue weighted by molar-refractivity contribution is 0.663. The van der Waals surface area contributed by atoms with E-state index in [0.717, 1.165) is 35.9 Å². The summed E-state index contributed by atoms with van der Waals surface area (Å²) in [7, 11) is 0. The van der Waals surface area contributed by atoms with Gasteiger partial charge in [-0.3, -0.25) is 0 Å². The summed E-state index contributed by atoms with van der Waals surface area (Å²) < 4.78 is 0. The maximum atomic E-state index is 4.45. The van der Waals surface area contributed by atoms with Crippen molar-refractivity contribution in [2.45, 2.75) is 39.2 Å². The molecule has 0 fully saturated rings. The van der Waals surface area contributed by atoms with Crippen LogP contribution in [0, 0.1) is 6.92 Å². The monoisotopic (exact) mass is 260 g/mol. The van der Waals surface area contributed by atoms with Crippen molar-refractivity contribution in [1.29, 1.82) is 0 Å². The molecule has 1 aliphatic rings. The van der Waals surface area contributed by atoms with Crippen LogP contribution < -0.4 is 5.32 Å². The summed E-state index contributed by atoms with van der Waals surface area (Å²) in [5.74, 6) is 0.991. The summed E-state index contributed by atoms with van der Waals surface area (Å²) in [4.78, 5) is 13.2. The lowest BCUT2D eigenvalue weighted by Crippen LogP contribution is -2.12. The fourth-order valence-corrected chi connectivity index (χ4v) is 2.95. The minimum absolute atomic E-state index is 0.744. The molecule has 0 bridgehead atoms. The first-order chi connectivity index (χ1) is 8.83. The molecule has 4 nitrogen and oxygen atoms in total. The molecule has 0 saturated carbocycles. The van der Waals surface area contributed by atoms with Crippen molar-refractivity contribution >= 4 is 17.2 Å². The Bertz CT molecular complexity index is 550. The van der Waals surface area contributed by atoms with Crippen LogP contribution in [0.2, 0.25) is 0 Å². The van der Waals surface area contributed by atoms with Crippen molar-refractivity contribution in [2.75, 3.05) is 5.32 Å². The van der Waals surface area contributed by atoms with Gasteiger partial charge in [0.2, 0.25) is 0 Å². The van der Waals surface area contributed by atoms with Crippen LogP contribution in [0.5, 0.6) is 0 Å². The third kappa shape index (κ3) is 2.36. The van der Waals surface area contributed by atoms with Gasteiger partial charge in [0.25, 0.3) is 0 Å². The number of hydrogen-bond acceptors (Lipinski definition) is 5. The van der Waals surface area contributed by atoms with Crippen LogP contribution in [0.1, 0.15) is 34.8 Å². The summed E-state index contributed by atoms with van der Waals surface area (Å²) >= 11 is 1.68. The Labute approximate surface area is 111 Å². The first-order valence-electron chi connectivity index (χ1n) is 6.30. The minimum atomic E-state index is 0.744. The van der Waals surface area contributed by atoms with Gasteiger partial charge in [0.1, 0.15) is 12.1 Å². The average molecular weight is 260 g/mol. The van der Waals surface area contributed by atoms with Crippen LogP contribution in [0.15, 0.2) is 11.7 Å². The molecular formula is C13H16N4S. The van der Waals surface area contributed by atoms with E-state index < -0.39 is 0 Å². The molecular weight excluding hydrogens is 244 g/mol. The van der Waals surface area contributed by atoms with Gasteiger partial charge in [-0.15, -0.1) is 11.3 Å². The summed E-state index contributed by atoms with van der Waals surface area (Å²) in [6.45, 7) is 2.77. The summed E-state index contributed by atoms with van der Waals surface area (Å²) in [6, 6.07) is 0. The Morgan fingerprint density at radius 1 is 1.28 bits per heavy atom. The largest absolute Gasteiger partial charge is 0.364 e. The van der Waals surface area contributed by atoms with Crippen molar-refractivity contribution in [1.82, 2.24) is 15.0 Å². The maximum absolute atomic E-state index is 4.45. The van der Waals surface area contributed by atoms with E-state index in [1.165, 1.54) is 24.1 Å². The van der Waals surface area contributed by atoms with E-state index >= 15 is 0 Å². The van der Waals surface area contributed by atoms with Gasteiger partial charge >= 0.3 is 0 Å². The van der Waals surface area contributed by atoms with Gasteiger partial charge in [0.05, 0.1) is 17.2 Å². The molecule has 0 atom stereocenters. The molecule has 0 radical (unpaired) electrons. The van der Waals surface area contributed by atoms with Crippen LogP contribution >= 0.6 is 11.3 Å². The van der Waals surface area contributed by atoms with Gasteiger partial charge in [0, 0.05) is 16.6 Å². The lowest BCUT2D eigenvalue weighted by Gasteiger charge is -2.17. The Morgan fingerprint density at radius 3 is 3.00 bits per heavy atom. The predicted octanol–water partition coefficient (Wildman–Crippen LogP) is 2.73. The van der Waals surface area contributed by atoms with Crippen molar-refractivity contribution < 1.29 is 0 Å². The number of anilines is 1. The van der Waals surface area contributed by atoms with Crippen molar-refractivity contribution in [2.24, 2.45) is 0 Å². The minimum Gasteiger partial charge on any atom is -0.364 e. The molecule has 94 valence electrons. The highest BCUT2D eigenvalue weighted by atomic mass is 32.1. The fourth-order valence-electron chi connectivity index (χ4n) is 2.34. The Kier molecular flexibility index (Phi) is 3.23. The van der Waals surface area contributed by atoms with E-state index in [4.69, 9.17) is 0 Å². The van der Waals surface area contributed by atoms with E-state index in [1.54, 1.807) is 17.7 Å². The van der Waals surface area contributed by atoms with E-state index in [0.29, 0.717) is 0 Å². The average Bonchev–Trinajstić information content (AvgIpc) is 2.82. The zero-order valence-corrected chi connectivity index (χ0v) is 11.3. The van der Waals surface area contributed by atoms with Crippen molar-refractivity contribution in [3.8, 4) is 0 Å². The molecule has 5 heteroatoms. The quantitative estimate of drug-likeness (QED) is 0.922. The molecule has 2 aromatic rings. The third-order valence-electron chi connectivity index (χ3n) is 3.23. The number of nitrogens with zero attached hydrogens (tertiary/aromatic N) is 3. The van der Waals surface area contributed by atoms with E-state index in [9.17, 15) is 0 Å². The second-order valence-corrected chi connectivity index (χ2v) is 5.63. The van der Waals surface area contributed by atoms with Crippen LogP contribution in [-0.4, -0.2) is 15.0 Å². The second-order valence-electron chi connectivity index (χ2n) is 4.57. The number of aromatic nitrogens is 3. The van der Waals surface area contributed by atoms with Gasteiger partial charge in [-0.25, -0.2) is 15.0 Å². The molecule has 18 heavy (non-hydrogen) atoms. The first kappa shape index (κ1) is 11.6. The highest BCUT2D eigenvalue weighted by Gasteiger charge is 2.15. The van der Waals surface area contributed by atoms with Crippen LogP contribution in [0.25, 0.3) is 0 Å². The molecule has 3 rings (SSSR count). The smallest absolute Gasteiger partial charge is 0.133 e. The van der Waals surface area contributed by atoms with Crippen LogP contribution in [-0.2, 0) is 19.4 Å². The molecule has 0 saturated heterocycles. The zero-order valence-electron chi connectivity index (χ0n) is 10.4. The van der Waals surface area contributed by atoms with Gasteiger partial charge < -0.3 is 5.32 Å². The molecule has 0 aliphatic heterocycles. The van der Waals surface area contributed by atoms with E-state index in [-0.39, 0.29) is 0 Å². The highest BCUT2D eigenvalue weighted by molar-refractivity contribution is 7.09. The number of thiazole rings is 1. The molecule has 0 unspecified atom stereocenters. The topological polar surface area (TPSA) is 50.7 Å². The number of aryl methyl sites for hydroxylation is 2. The molecule has 1 aliphatic carbocycles. The number of fused-ring (bicyclic) bond motifs is 1. The van der Waals surface area contributed by atoms with E-state index in [1.807, 2.05) is 6.92 Å². The molecule has 1 N–H and O–H groups in total. The highest BCUT2D eigenvalue weighted by Crippen LogP contribution is 2.24. The molecule has 0 amide bonds. The number of rotatable bonds is 3.